The van der Waals surface area contributed by atoms with Crippen molar-refractivity contribution in [2.45, 2.75) is 26.4 Å². The highest BCUT2D eigenvalue weighted by molar-refractivity contribution is 7.16. The van der Waals surface area contributed by atoms with Crippen molar-refractivity contribution >= 4 is 40.8 Å². The molecule has 7 nitrogen and oxygen atoms in total. The van der Waals surface area contributed by atoms with E-state index in [9.17, 15) is 14.4 Å². The number of thiophene rings is 1. The summed E-state index contributed by atoms with van der Waals surface area (Å²) in [6, 6.07) is 3.11. The average Bonchev–Trinajstić information content (AvgIpc) is 3.06. The zero-order valence-corrected chi connectivity index (χ0v) is 15.8. The number of nitrogens with zero attached hydrogens (tertiary/aromatic N) is 4. The number of carbonyl (C=O) groups is 3. The molecule has 0 spiro atoms. The first-order valence-corrected chi connectivity index (χ1v) is 9.44. The number of hydrogen-bond donors (Lipinski definition) is 0. The molecule has 1 aromatic rings. The zero-order valence-electron chi connectivity index (χ0n) is 14.3. The first-order chi connectivity index (χ1) is 11.9. The van der Waals surface area contributed by atoms with Gasteiger partial charge in [0.1, 0.15) is 0 Å². The van der Waals surface area contributed by atoms with Gasteiger partial charge in [-0.15, -0.1) is 11.3 Å². The maximum Gasteiger partial charge on any atom is 0.335 e. The van der Waals surface area contributed by atoms with Crippen molar-refractivity contribution in [1.29, 1.82) is 0 Å². The van der Waals surface area contributed by atoms with Crippen LogP contribution >= 0.6 is 22.9 Å². The van der Waals surface area contributed by atoms with Gasteiger partial charge >= 0.3 is 17.8 Å². The Balaban J connectivity index is 1.53. The lowest BCUT2D eigenvalue weighted by atomic mass is 10.3. The summed E-state index contributed by atoms with van der Waals surface area (Å²) in [7, 11) is 0. The predicted octanol–water partition coefficient (Wildman–Crippen LogP) is 1.68. The minimum absolute atomic E-state index is 0.172. The Morgan fingerprint density at radius 2 is 1.68 bits per heavy atom. The molecule has 0 aromatic carbocycles. The van der Waals surface area contributed by atoms with Gasteiger partial charge in [0.05, 0.1) is 11.0 Å². The van der Waals surface area contributed by atoms with Gasteiger partial charge in [0.2, 0.25) is 0 Å². The van der Waals surface area contributed by atoms with Gasteiger partial charge in [0.15, 0.2) is 0 Å². The van der Waals surface area contributed by atoms with Gasteiger partial charge in [0.25, 0.3) is 0 Å². The zero-order chi connectivity index (χ0) is 18.1. The number of urea groups is 1. The van der Waals surface area contributed by atoms with Crippen LogP contribution in [0, 0.1) is 0 Å². The van der Waals surface area contributed by atoms with Crippen molar-refractivity contribution in [3.05, 3.63) is 21.3 Å². The summed E-state index contributed by atoms with van der Waals surface area (Å²) in [6.45, 7) is 7.64. The second-order valence-electron chi connectivity index (χ2n) is 6.53. The van der Waals surface area contributed by atoms with Crippen molar-refractivity contribution in [2.24, 2.45) is 0 Å². The van der Waals surface area contributed by atoms with Gasteiger partial charge in [-0.1, -0.05) is 11.6 Å². The average molecular weight is 385 g/mol. The molecule has 3 heterocycles. The SMILES string of the molecule is CC(C)N1C(=O)C(=O)N(CN2CCN(Cc3ccc(Cl)s3)CC2)C1=O. The van der Waals surface area contributed by atoms with E-state index in [0.29, 0.717) is 0 Å². The predicted molar refractivity (Wildman–Crippen MR) is 95.3 cm³/mol. The largest absolute Gasteiger partial charge is 0.335 e. The Bertz CT molecular complexity index is 685. The van der Waals surface area contributed by atoms with Gasteiger partial charge < -0.3 is 0 Å². The molecule has 0 unspecified atom stereocenters. The number of rotatable bonds is 5. The molecule has 3 rings (SSSR count). The highest BCUT2D eigenvalue weighted by Gasteiger charge is 2.46. The first kappa shape index (κ1) is 18.3. The topological polar surface area (TPSA) is 64.2 Å². The third kappa shape index (κ3) is 3.87. The fourth-order valence-electron chi connectivity index (χ4n) is 3.05. The van der Waals surface area contributed by atoms with Gasteiger partial charge in [-0.05, 0) is 26.0 Å². The Hall–Kier alpha value is -1.48. The first-order valence-electron chi connectivity index (χ1n) is 8.24. The lowest BCUT2D eigenvalue weighted by Gasteiger charge is -2.35. The van der Waals surface area contributed by atoms with Crippen LogP contribution in [0.15, 0.2) is 12.1 Å². The van der Waals surface area contributed by atoms with Crippen LogP contribution in [0.5, 0.6) is 0 Å². The third-order valence-corrected chi connectivity index (χ3v) is 5.63. The molecule has 2 saturated heterocycles. The van der Waals surface area contributed by atoms with E-state index >= 15 is 0 Å². The smallest absolute Gasteiger partial charge is 0.296 e. The maximum absolute atomic E-state index is 12.3. The molecule has 0 N–H and O–H groups in total. The van der Waals surface area contributed by atoms with Gasteiger partial charge in [-0.2, -0.15) is 0 Å². The number of piperazine rings is 1. The van der Waals surface area contributed by atoms with Crippen LogP contribution in [-0.2, 0) is 16.1 Å². The Labute approximate surface area is 155 Å². The van der Waals surface area contributed by atoms with E-state index in [0.717, 1.165) is 46.9 Å². The van der Waals surface area contributed by atoms with Crippen molar-refractivity contribution < 1.29 is 14.4 Å². The maximum atomic E-state index is 12.3. The number of halogens is 1. The summed E-state index contributed by atoms with van der Waals surface area (Å²) in [5.41, 5.74) is 0. The summed E-state index contributed by atoms with van der Waals surface area (Å²) in [5, 5.41) is 0. The molecule has 0 atom stereocenters. The van der Waals surface area contributed by atoms with Crippen LogP contribution in [0.25, 0.3) is 0 Å². The second-order valence-corrected chi connectivity index (χ2v) is 8.33. The lowest BCUT2D eigenvalue weighted by molar-refractivity contribution is -0.144. The second kappa shape index (κ2) is 7.41. The van der Waals surface area contributed by atoms with E-state index in [-0.39, 0.29) is 12.7 Å². The monoisotopic (exact) mass is 384 g/mol. The van der Waals surface area contributed by atoms with Crippen molar-refractivity contribution in [3.63, 3.8) is 0 Å². The summed E-state index contributed by atoms with van der Waals surface area (Å²) in [5.74, 6) is -1.46. The van der Waals surface area contributed by atoms with Gasteiger partial charge in [-0.3, -0.25) is 24.3 Å². The Morgan fingerprint density at radius 3 is 2.20 bits per heavy atom. The minimum atomic E-state index is -0.729. The van der Waals surface area contributed by atoms with E-state index in [4.69, 9.17) is 11.6 Å². The molecule has 0 saturated carbocycles. The Morgan fingerprint density at radius 1 is 1.04 bits per heavy atom. The molecule has 0 aliphatic carbocycles. The quantitative estimate of drug-likeness (QED) is 0.571. The van der Waals surface area contributed by atoms with Crippen LogP contribution in [0.1, 0.15) is 18.7 Å². The third-order valence-electron chi connectivity index (χ3n) is 4.41. The van der Waals surface area contributed by atoms with Crippen molar-refractivity contribution in [1.82, 2.24) is 19.6 Å². The van der Waals surface area contributed by atoms with E-state index < -0.39 is 17.8 Å². The molecule has 4 amide bonds. The molecular formula is C16H21ClN4O3S. The lowest BCUT2D eigenvalue weighted by Crippen LogP contribution is -2.51. The number of amides is 4. The highest BCUT2D eigenvalue weighted by Crippen LogP contribution is 2.23. The highest BCUT2D eigenvalue weighted by atomic mass is 35.5. The van der Waals surface area contributed by atoms with Crippen LogP contribution in [-0.4, -0.2) is 76.3 Å². The summed E-state index contributed by atoms with van der Waals surface area (Å²) < 4.78 is 0.791. The summed E-state index contributed by atoms with van der Waals surface area (Å²) in [4.78, 5) is 44.0. The number of hydrogen-bond acceptors (Lipinski definition) is 6. The molecular weight excluding hydrogens is 364 g/mol. The van der Waals surface area contributed by atoms with Crippen molar-refractivity contribution in [3.8, 4) is 0 Å². The minimum Gasteiger partial charge on any atom is -0.296 e. The standard InChI is InChI=1S/C16H21ClN4O3S/c1-11(2)21-15(23)14(22)20(16(21)24)10-19-7-5-18(6-8-19)9-12-3-4-13(17)25-12/h3-4,11H,5-10H2,1-2H3. The number of carbonyl (C=O) groups excluding carboxylic acids is 3. The number of imide groups is 2. The fourth-order valence-corrected chi connectivity index (χ4v) is 4.18. The molecule has 2 aliphatic rings. The molecule has 9 heteroatoms. The van der Waals surface area contributed by atoms with Crippen molar-refractivity contribution in [2.75, 3.05) is 32.8 Å². The van der Waals surface area contributed by atoms with E-state index in [1.807, 2.05) is 17.0 Å². The van der Waals surface area contributed by atoms with E-state index in [1.165, 1.54) is 4.88 Å². The van der Waals surface area contributed by atoms with E-state index in [2.05, 4.69) is 4.90 Å². The Kier molecular flexibility index (Phi) is 5.43. The van der Waals surface area contributed by atoms with Crippen LogP contribution in [0.4, 0.5) is 4.79 Å². The van der Waals surface area contributed by atoms with Crippen LogP contribution in [0.2, 0.25) is 4.34 Å². The van der Waals surface area contributed by atoms with Crippen LogP contribution < -0.4 is 0 Å². The molecule has 2 aliphatic heterocycles. The molecule has 0 bridgehead atoms. The molecule has 0 radical (unpaired) electrons. The summed E-state index contributed by atoms with van der Waals surface area (Å²) in [6.07, 6.45) is 0. The van der Waals surface area contributed by atoms with Crippen LogP contribution in [0.3, 0.4) is 0 Å². The van der Waals surface area contributed by atoms with Gasteiger partial charge in [0, 0.05) is 43.6 Å². The summed E-state index contributed by atoms with van der Waals surface area (Å²) >= 11 is 7.54. The van der Waals surface area contributed by atoms with E-state index in [1.54, 1.807) is 25.2 Å². The molecule has 136 valence electrons. The fraction of sp³-hybridized carbons (Fsp3) is 0.562. The molecule has 2 fully saturated rings. The van der Waals surface area contributed by atoms with Gasteiger partial charge in [-0.25, -0.2) is 9.69 Å². The normalized spacial score (nSPS) is 20.4. The molecule has 1 aromatic heterocycles. The molecule has 25 heavy (non-hydrogen) atoms.